The van der Waals surface area contributed by atoms with Crippen molar-refractivity contribution in [1.82, 2.24) is 4.90 Å². The Kier molecular flexibility index (Phi) is 4.41. The maximum Gasteiger partial charge on any atom is 0.337 e. The Balaban J connectivity index is 2.16. The van der Waals surface area contributed by atoms with Crippen molar-refractivity contribution in [3.63, 3.8) is 0 Å². The van der Waals surface area contributed by atoms with Crippen LogP contribution in [0.25, 0.3) is 0 Å². The van der Waals surface area contributed by atoms with Gasteiger partial charge in [0.1, 0.15) is 5.82 Å². The lowest BCUT2D eigenvalue weighted by Crippen LogP contribution is -2.47. The number of carboxylic acid groups (broad SMARTS) is 1. The number of rotatable bonds is 2. The summed E-state index contributed by atoms with van der Waals surface area (Å²) in [5.41, 5.74) is -0.154. The fourth-order valence-electron chi connectivity index (χ4n) is 2.19. The molecule has 1 aliphatic heterocycles. The number of hydrogen-bond acceptors (Lipinski definition) is 3. The minimum Gasteiger partial charge on any atom is -0.478 e. The van der Waals surface area contributed by atoms with Gasteiger partial charge in [-0.2, -0.15) is 11.8 Å². The molecule has 0 atom stereocenters. The van der Waals surface area contributed by atoms with Gasteiger partial charge < -0.3 is 15.3 Å². The number of carboxylic acids is 1. The van der Waals surface area contributed by atoms with E-state index in [1.807, 2.05) is 13.8 Å². The first-order valence-corrected chi connectivity index (χ1v) is 7.50. The van der Waals surface area contributed by atoms with E-state index < -0.39 is 17.8 Å². The second-order valence-electron chi connectivity index (χ2n) is 5.45. The molecule has 1 aromatic carbocycles. The number of carbonyl (C=O) groups excluding carboxylic acids is 1. The Hall–Kier alpha value is -1.76. The Morgan fingerprint density at radius 2 is 2.14 bits per heavy atom. The smallest absolute Gasteiger partial charge is 0.337 e. The van der Waals surface area contributed by atoms with Crippen molar-refractivity contribution in [1.29, 1.82) is 0 Å². The molecule has 0 unspecified atom stereocenters. The second-order valence-corrected chi connectivity index (χ2v) is 7.26. The van der Waals surface area contributed by atoms with E-state index in [0.717, 1.165) is 24.0 Å². The van der Waals surface area contributed by atoms with E-state index in [1.165, 1.54) is 0 Å². The van der Waals surface area contributed by atoms with Gasteiger partial charge in [0.2, 0.25) is 0 Å². The number of benzene rings is 1. The molecule has 2 N–H and O–H groups in total. The van der Waals surface area contributed by atoms with E-state index in [0.29, 0.717) is 13.1 Å². The van der Waals surface area contributed by atoms with Crippen molar-refractivity contribution in [2.75, 3.05) is 24.2 Å². The molecule has 2 rings (SSSR count). The van der Waals surface area contributed by atoms with E-state index in [4.69, 9.17) is 5.11 Å². The van der Waals surface area contributed by atoms with Crippen molar-refractivity contribution in [3.05, 3.63) is 29.6 Å². The third kappa shape index (κ3) is 3.87. The van der Waals surface area contributed by atoms with Crippen LogP contribution in [0.1, 0.15) is 24.2 Å². The molecular weight excluding hydrogens is 295 g/mol. The molecule has 114 valence electrons. The molecule has 2 amide bonds. The quantitative estimate of drug-likeness (QED) is 0.881. The molecule has 1 saturated heterocycles. The maximum absolute atomic E-state index is 13.3. The van der Waals surface area contributed by atoms with Gasteiger partial charge in [0.25, 0.3) is 0 Å². The lowest BCUT2D eigenvalue weighted by Gasteiger charge is -2.37. The highest BCUT2D eigenvalue weighted by molar-refractivity contribution is 8.00. The summed E-state index contributed by atoms with van der Waals surface area (Å²) in [5, 5.41) is 11.6. The minimum atomic E-state index is -1.21. The topological polar surface area (TPSA) is 69.6 Å². The Labute approximate surface area is 126 Å². The third-order valence-corrected chi connectivity index (χ3v) is 4.46. The Bertz CT molecular complexity index is 577. The number of anilines is 1. The van der Waals surface area contributed by atoms with E-state index in [2.05, 4.69) is 5.32 Å². The van der Waals surface area contributed by atoms with E-state index in [9.17, 15) is 14.0 Å². The van der Waals surface area contributed by atoms with Crippen molar-refractivity contribution < 1.29 is 19.1 Å². The summed E-state index contributed by atoms with van der Waals surface area (Å²) in [5.74, 6) is -0.986. The number of aromatic carboxylic acids is 1. The fourth-order valence-corrected chi connectivity index (χ4v) is 3.30. The number of thioether (sulfide) groups is 1. The van der Waals surface area contributed by atoms with E-state index in [-0.39, 0.29) is 16.0 Å². The maximum atomic E-state index is 13.3. The van der Waals surface area contributed by atoms with Gasteiger partial charge in [-0.3, -0.25) is 0 Å². The average molecular weight is 312 g/mol. The van der Waals surface area contributed by atoms with Crippen LogP contribution < -0.4 is 5.32 Å². The highest BCUT2D eigenvalue weighted by Crippen LogP contribution is 2.30. The number of nitrogens with one attached hydrogen (secondary N) is 1. The summed E-state index contributed by atoms with van der Waals surface area (Å²) in [7, 11) is 0. The Morgan fingerprint density at radius 1 is 1.43 bits per heavy atom. The number of amides is 2. The standard InChI is InChI=1S/C14H17FN2O3S/c1-14(2)8-17(5-6-21-14)13(20)16-11-7-9(15)3-4-10(11)12(18)19/h3-4,7H,5-6,8H2,1-2H3,(H,16,20)(H,18,19). The van der Waals surface area contributed by atoms with Crippen molar-refractivity contribution in [2.24, 2.45) is 0 Å². The second kappa shape index (κ2) is 5.93. The molecule has 0 aliphatic carbocycles. The van der Waals surface area contributed by atoms with Crippen LogP contribution in [0.3, 0.4) is 0 Å². The molecule has 7 heteroatoms. The zero-order valence-corrected chi connectivity index (χ0v) is 12.7. The first-order valence-electron chi connectivity index (χ1n) is 6.51. The van der Waals surface area contributed by atoms with Crippen LogP contribution in [0.15, 0.2) is 18.2 Å². The highest BCUT2D eigenvalue weighted by Gasteiger charge is 2.30. The first kappa shape index (κ1) is 15.6. The van der Waals surface area contributed by atoms with Crippen molar-refractivity contribution in [3.8, 4) is 0 Å². The molecule has 1 aliphatic rings. The molecule has 0 bridgehead atoms. The molecule has 0 saturated carbocycles. The van der Waals surface area contributed by atoms with Gasteiger partial charge in [-0.25, -0.2) is 14.0 Å². The Morgan fingerprint density at radius 3 is 2.76 bits per heavy atom. The SMILES string of the molecule is CC1(C)CN(C(=O)Nc2cc(F)ccc2C(=O)O)CCS1. The molecule has 1 fully saturated rings. The molecular formula is C14H17FN2O3S. The summed E-state index contributed by atoms with van der Waals surface area (Å²) >= 11 is 1.78. The number of halogens is 1. The molecule has 0 radical (unpaired) electrons. The highest BCUT2D eigenvalue weighted by atomic mass is 32.2. The third-order valence-electron chi connectivity index (χ3n) is 3.17. The van der Waals surface area contributed by atoms with Gasteiger partial charge in [-0.15, -0.1) is 0 Å². The van der Waals surface area contributed by atoms with Gasteiger partial charge in [0.15, 0.2) is 0 Å². The number of urea groups is 1. The van der Waals surface area contributed by atoms with Gasteiger partial charge in [0.05, 0.1) is 11.3 Å². The lowest BCUT2D eigenvalue weighted by atomic mass is 10.1. The van der Waals surface area contributed by atoms with Gasteiger partial charge in [0, 0.05) is 23.6 Å². The predicted octanol–water partition coefficient (Wildman–Crippen LogP) is 2.88. The van der Waals surface area contributed by atoms with Crippen molar-refractivity contribution >= 4 is 29.4 Å². The van der Waals surface area contributed by atoms with Gasteiger partial charge >= 0.3 is 12.0 Å². The summed E-state index contributed by atoms with van der Waals surface area (Å²) < 4.78 is 13.2. The lowest BCUT2D eigenvalue weighted by molar-refractivity contribution is 0.0698. The number of carbonyl (C=O) groups is 2. The van der Waals surface area contributed by atoms with E-state index in [1.54, 1.807) is 16.7 Å². The molecule has 1 aromatic rings. The number of hydrogen-bond donors (Lipinski definition) is 2. The van der Waals surface area contributed by atoms with Crippen LogP contribution in [0, 0.1) is 5.82 Å². The molecule has 21 heavy (non-hydrogen) atoms. The monoisotopic (exact) mass is 312 g/mol. The average Bonchev–Trinajstić information content (AvgIpc) is 2.37. The van der Waals surface area contributed by atoms with Crippen LogP contribution in [0.2, 0.25) is 0 Å². The molecule has 5 nitrogen and oxygen atoms in total. The predicted molar refractivity (Wildman–Crippen MR) is 80.5 cm³/mol. The largest absolute Gasteiger partial charge is 0.478 e. The minimum absolute atomic E-state index is 0.0245. The van der Waals surface area contributed by atoms with Crippen LogP contribution in [0.5, 0.6) is 0 Å². The molecule has 1 heterocycles. The van der Waals surface area contributed by atoms with Crippen molar-refractivity contribution in [2.45, 2.75) is 18.6 Å². The van der Waals surface area contributed by atoms with Crippen LogP contribution in [-0.4, -0.2) is 45.6 Å². The summed E-state index contributed by atoms with van der Waals surface area (Å²) in [6, 6.07) is 2.81. The zero-order valence-electron chi connectivity index (χ0n) is 11.9. The van der Waals surface area contributed by atoms with Gasteiger partial charge in [-0.05, 0) is 32.0 Å². The summed E-state index contributed by atoms with van der Waals surface area (Å²) in [6.07, 6.45) is 0. The number of nitrogens with zero attached hydrogens (tertiary/aromatic N) is 1. The first-order chi connectivity index (χ1) is 9.78. The zero-order chi connectivity index (χ0) is 15.6. The molecule has 0 spiro atoms. The fraction of sp³-hybridized carbons (Fsp3) is 0.429. The van der Waals surface area contributed by atoms with Crippen LogP contribution in [0.4, 0.5) is 14.9 Å². The van der Waals surface area contributed by atoms with Crippen LogP contribution >= 0.6 is 11.8 Å². The summed E-state index contributed by atoms with van der Waals surface area (Å²) in [4.78, 5) is 25.0. The summed E-state index contributed by atoms with van der Waals surface area (Å²) in [6.45, 7) is 5.23. The normalized spacial score (nSPS) is 17.4. The van der Waals surface area contributed by atoms with E-state index >= 15 is 0 Å². The van der Waals surface area contributed by atoms with Crippen LogP contribution in [-0.2, 0) is 0 Å². The van der Waals surface area contributed by atoms with Gasteiger partial charge in [-0.1, -0.05) is 0 Å². The molecule has 0 aromatic heterocycles.